The normalized spacial score (nSPS) is 23.6. The standard InChI is InChI=1S/C17H22N6O/c24-17(22-8-7-13-3-1-2-4-14(13)10-22)21-15-5-6-16(19-9-15)23-12-18-11-20-23/h5-6,9,11-14H,1-4,7-8,10H2,(H,21,24)/t13-,14+/m1/s1. The largest absolute Gasteiger partial charge is 0.324 e. The minimum atomic E-state index is -0.0191. The van der Waals surface area contributed by atoms with Crippen LogP contribution < -0.4 is 5.32 Å². The highest BCUT2D eigenvalue weighted by Crippen LogP contribution is 2.36. The summed E-state index contributed by atoms with van der Waals surface area (Å²) in [6.45, 7) is 1.75. The summed E-state index contributed by atoms with van der Waals surface area (Å²) >= 11 is 0. The second-order valence-electron chi connectivity index (χ2n) is 6.71. The molecule has 3 heterocycles. The molecule has 0 radical (unpaired) electrons. The first-order valence-corrected chi connectivity index (χ1v) is 8.66. The fourth-order valence-corrected chi connectivity index (χ4v) is 3.91. The van der Waals surface area contributed by atoms with E-state index in [0.29, 0.717) is 17.4 Å². The number of hydrogen-bond donors (Lipinski definition) is 1. The maximum absolute atomic E-state index is 12.5. The lowest BCUT2D eigenvalue weighted by Gasteiger charge is -2.41. The van der Waals surface area contributed by atoms with Crippen molar-refractivity contribution in [3.63, 3.8) is 0 Å². The van der Waals surface area contributed by atoms with E-state index in [9.17, 15) is 4.79 Å². The number of aromatic nitrogens is 4. The zero-order chi connectivity index (χ0) is 16.4. The third-order valence-electron chi connectivity index (χ3n) is 5.23. The molecule has 1 N–H and O–H groups in total. The monoisotopic (exact) mass is 326 g/mol. The summed E-state index contributed by atoms with van der Waals surface area (Å²) in [5, 5.41) is 7.00. The summed E-state index contributed by atoms with van der Waals surface area (Å²) in [5.74, 6) is 2.19. The van der Waals surface area contributed by atoms with Crippen molar-refractivity contribution in [3.05, 3.63) is 31.0 Å². The van der Waals surface area contributed by atoms with Gasteiger partial charge in [-0.15, -0.1) is 0 Å². The smallest absolute Gasteiger partial charge is 0.321 e. The molecule has 2 aromatic heterocycles. The van der Waals surface area contributed by atoms with Gasteiger partial charge in [0.1, 0.15) is 12.7 Å². The number of fused-ring (bicyclic) bond motifs is 1. The summed E-state index contributed by atoms with van der Waals surface area (Å²) < 4.78 is 1.58. The highest BCUT2D eigenvalue weighted by molar-refractivity contribution is 5.89. The lowest BCUT2D eigenvalue weighted by atomic mass is 9.75. The molecule has 2 aromatic rings. The Balaban J connectivity index is 1.37. The number of nitrogens with zero attached hydrogens (tertiary/aromatic N) is 5. The van der Waals surface area contributed by atoms with Gasteiger partial charge in [-0.25, -0.2) is 19.4 Å². The molecule has 0 unspecified atom stereocenters. The van der Waals surface area contributed by atoms with Crippen molar-refractivity contribution < 1.29 is 4.79 Å². The minimum absolute atomic E-state index is 0.0191. The van der Waals surface area contributed by atoms with Crippen molar-refractivity contribution in [2.24, 2.45) is 11.8 Å². The number of anilines is 1. The van der Waals surface area contributed by atoms with E-state index in [1.165, 1.54) is 32.0 Å². The van der Waals surface area contributed by atoms with Gasteiger partial charge < -0.3 is 10.2 Å². The van der Waals surface area contributed by atoms with Crippen LogP contribution in [0.2, 0.25) is 0 Å². The van der Waals surface area contributed by atoms with E-state index >= 15 is 0 Å². The van der Waals surface area contributed by atoms with Crippen LogP contribution in [0.1, 0.15) is 32.1 Å². The minimum Gasteiger partial charge on any atom is -0.324 e. The number of piperidine rings is 1. The van der Waals surface area contributed by atoms with Crippen LogP contribution in [0.25, 0.3) is 5.82 Å². The van der Waals surface area contributed by atoms with Gasteiger partial charge in [-0.05, 0) is 36.8 Å². The van der Waals surface area contributed by atoms with Crippen molar-refractivity contribution in [1.29, 1.82) is 0 Å². The van der Waals surface area contributed by atoms with E-state index in [4.69, 9.17) is 0 Å². The lowest BCUT2D eigenvalue weighted by Crippen LogP contribution is -2.46. The van der Waals surface area contributed by atoms with Gasteiger partial charge in [-0.3, -0.25) is 0 Å². The van der Waals surface area contributed by atoms with Crippen LogP contribution in [0.4, 0.5) is 10.5 Å². The Hall–Kier alpha value is -2.44. The number of carbonyl (C=O) groups excluding carboxylic acids is 1. The molecule has 7 heteroatoms. The average molecular weight is 326 g/mol. The fraction of sp³-hybridized carbons (Fsp3) is 0.529. The van der Waals surface area contributed by atoms with Gasteiger partial charge >= 0.3 is 6.03 Å². The van der Waals surface area contributed by atoms with E-state index in [-0.39, 0.29) is 6.03 Å². The quantitative estimate of drug-likeness (QED) is 0.920. The first-order valence-electron chi connectivity index (χ1n) is 8.66. The Morgan fingerprint density at radius 3 is 2.79 bits per heavy atom. The number of pyridine rings is 1. The molecule has 126 valence electrons. The Bertz CT molecular complexity index is 684. The summed E-state index contributed by atoms with van der Waals surface area (Å²) in [6, 6.07) is 3.64. The van der Waals surface area contributed by atoms with Gasteiger partial charge in [0.15, 0.2) is 5.82 Å². The van der Waals surface area contributed by atoms with Crippen LogP contribution in [0, 0.1) is 11.8 Å². The van der Waals surface area contributed by atoms with E-state index < -0.39 is 0 Å². The molecule has 2 amide bonds. The molecule has 4 rings (SSSR count). The summed E-state index contributed by atoms with van der Waals surface area (Å²) in [4.78, 5) is 22.7. The molecule has 0 spiro atoms. The van der Waals surface area contributed by atoms with Crippen molar-refractivity contribution in [2.45, 2.75) is 32.1 Å². The van der Waals surface area contributed by atoms with Gasteiger partial charge in [0.25, 0.3) is 0 Å². The number of urea groups is 1. The molecular formula is C17H22N6O. The highest BCUT2D eigenvalue weighted by atomic mass is 16.2. The zero-order valence-electron chi connectivity index (χ0n) is 13.6. The molecule has 2 atom stereocenters. The lowest BCUT2D eigenvalue weighted by molar-refractivity contribution is 0.108. The molecule has 24 heavy (non-hydrogen) atoms. The SMILES string of the molecule is O=C(Nc1ccc(-n2cncn2)nc1)N1CC[C@H]2CCCC[C@H]2C1. The van der Waals surface area contributed by atoms with Crippen LogP contribution in [0.15, 0.2) is 31.0 Å². The van der Waals surface area contributed by atoms with Crippen LogP contribution in [-0.4, -0.2) is 43.8 Å². The second kappa shape index (κ2) is 6.59. The third-order valence-corrected chi connectivity index (χ3v) is 5.23. The van der Waals surface area contributed by atoms with E-state index in [1.54, 1.807) is 17.2 Å². The van der Waals surface area contributed by atoms with Gasteiger partial charge in [0, 0.05) is 13.1 Å². The van der Waals surface area contributed by atoms with Gasteiger partial charge in [0.05, 0.1) is 11.9 Å². The van der Waals surface area contributed by atoms with E-state index in [1.807, 2.05) is 17.0 Å². The molecule has 1 aliphatic carbocycles. The van der Waals surface area contributed by atoms with E-state index in [2.05, 4.69) is 20.4 Å². The fourth-order valence-electron chi connectivity index (χ4n) is 3.91. The molecule has 2 aliphatic rings. The molecular weight excluding hydrogens is 304 g/mol. The summed E-state index contributed by atoms with van der Waals surface area (Å²) in [6.07, 6.45) is 11.1. The molecule has 0 bridgehead atoms. The maximum atomic E-state index is 12.5. The number of rotatable bonds is 2. The zero-order valence-corrected chi connectivity index (χ0v) is 13.6. The topological polar surface area (TPSA) is 75.9 Å². The van der Waals surface area contributed by atoms with Crippen LogP contribution in [0.5, 0.6) is 0 Å². The maximum Gasteiger partial charge on any atom is 0.321 e. The van der Waals surface area contributed by atoms with Gasteiger partial charge in [0.2, 0.25) is 0 Å². The van der Waals surface area contributed by atoms with Crippen molar-refractivity contribution in [3.8, 4) is 5.82 Å². The predicted molar refractivity (Wildman–Crippen MR) is 89.8 cm³/mol. The molecule has 1 saturated carbocycles. The Kier molecular flexibility index (Phi) is 4.15. The van der Waals surface area contributed by atoms with Crippen LogP contribution in [0.3, 0.4) is 0 Å². The van der Waals surface area contributed by atoms with Crippen molar-refractivity contribution in [1.82, 2.24) is 24.6 Å². The molecule has 1 aliphatic heterocycles. The Morgan fingerprint density at radius 2 is 2.04 bits per heavy atom. The average Bonchev–Trinajstić information content (AvgIpc) is 3.16. The second-order valence-corrected chi connectivity index (χ2v) is 6.71. The molecule has 1 saturated heterocycles. The number of carbonyl (C=O) groups is 1. The predicted octanol–water partition coefficient (Wildman–Crippen LogP) is 2.71. The van der Waals surface area contributed by atoms with Gasteiger partial charge in [-0.1, -0.05) is 19.3 Å². The van der Waals surface area contributed by atoms with Crippen molar-refractivity contribution in [2.75, 3.05) is 18.4 Å². The Labute approximate surface area is 141 Å². The van der Waals surface area contributed by atoms with Gasteiger partial charge in [-0.2, -0.15) is 5.10 Å². The number of amides is 2. The third kappa shape index (κ3) is 3.11. The number of likely N-dealkylation sites (tertiary alicyclic amines) is 1. The number of hydrogen-bond acceptors (Lipinski definition) is 4. The van der Waals surface area contributed by atoms with Crippen LogP contribution >= 0.6 is 0 Å². The van der Waals surface area contributed by atoms with E-state index in [0.717, 1.165) is 25.4 Å². The highest BCUT2D eigenvalue weighted by Gasteiger charge is 2.32. The first kappa shape index (κ1) is 15.1. The molecule has 0 aromatic carbocycles. The Morgan fingerprint density at radius 1 is 1.17 bits per heavy atom. The summed E-state index contributed by atoms with van der Waals surface area (Å²) in [5.41, 5.74) is 0.703. The molecule has 2 fully saturated rings. The first-order chi connectivity index (χ1) is 11.8. The van der Waals surface area contributed by atoms with Crippen LogP contribution in [-0.2, 0) is 0 Å². The number of nitrogens with one attached hydrogen (secondary N) is 1. The summed E-state index contributed by atoms with van der Waals surface area (Å²) in [7, 11) is 0. The molecule has 7 nitrogen and oxygen atoms in total. The van der Waals surface area contributed by atoms with Crippen molar-refractivity contribution >= 4 is 11.7 Å².